The monoisotopic (exact) mass is 427 g/mol. The molecule has 0 radical (unpaired) electrons. The molecule has 0 bridgehead atoms. The molecule has 29 heavy (non-hydrogen) atoms. The second kappa shape index (κ2) is 7.21. The summed E-state index contributed by atoms with van der Waals surface area (Å²) in [7, 11) is 0. The van der Waals surface area contributed by atoms with Gasteiger partial charge in [0.05, 0.1) is 12.2 Å². The summed E-state index contributed by atoms with van der Waals surface area (Å²) in [6.07, 6.45) is 1.57. The molecule has 0 N–H and O–H groups in total. The van der Waals surface area contributed by atoms with Crippen molar-refractivity contribution in [1.29, 1.82) is 0 Å². The highest BCUT2D eigenvalue weighted by Crippen LogP contribution is 2.44. The summed E-state index contributed by atoms with van der Waals surface area (Å²) >= 11 is 12.1. The van der Waals surface area contributed by atoms with Gasteiger partial charge in [-0.15, -0.1) is 0 Å². The van der Waals surface area contributed by atoms with Gasteiger partial charge in [0, 0.05) is 28.7 Å². The van der Waals surface area contributed by atoms with Crippen LogP contribution in [-0.2, 0) is 16.9 Å². The van der Waals surface area contributed by atoms with Gasteiger partial charge in [-0.1, -0.05) is 47.5 Å². The molecule has 1 aromatic heterocycles. The zero-order valence-electron chi connectivity index (χ0n) is 15.7. The number of carbonyl (C=O) groups is 1. The van der Waals surface area contributed by atoms with Crippen molar-refractivity contribution in [2.75, 3.05) is 13.1 Å². The maximum atomic E-state index is 13.0. The molecular formula is C23H19Cl2NO3. The SMILES string of the molecule is O=C(c1ccc(-c2cc(Cl)cc(Cl)c2)o1)N1CCC2(CC1)OCc1ccccc12. The van der Waals surface area contributed by atoms with Crippen LogP contribution in [-0.4, -0.2) is 23.9 Å². The number of halogens is 2. The van der Waals surface area contributed by atoms with Crippen molar-refractivity contribution < 1.29 is 13.9 Å². The number of piperidine rings is 1. The molecule has 2 aromatic carbocycles. The minimum Gasteiger partial charge on any atom is -0.451 e. The first-order valence-electron chi connectivity index (χ1n) is 9.62. The van der Waals surface area contributed by atoms with Crippen LogP contribution in [0.5, 0.6) is 0 Å². The quantitative estimate of drug-likeness (QED) is 0.509. The summed E-state index contributed by atoms with van der Waals surface area (Å²) in [5.41, 5.74) is 3.00. The summed E-state index contributed by atoms with van der Waals surface area (Å²) in [5, 5.41) is 1.05. The van der Waals surface area contributed by atoms with Crippen molar-refractivity contribution in [2.24, 2.45) is 0 Å². The summed E-state index contributed by atoms with van der Waals surface area (Å²) in [4.78, 5) is 14.8. The van der Waals surface area contributed by atoms with Crippen molar-refractivity contribution in [1.82, 2.24) is 4.90 Å². The van der Waals surface area contributed by atoms with Crippen LogP contribution >= 0.6 is 23.2 Å². The van der Waals surface area contributed by atoms with E-state index in [1.807, 2.05) is 11.0 Å². The number of nitrogens with zero attached hydrogens (tertiary/aromatic N) is 1. The van der Waals surface area contributed by atoms with Gasteiger partial charge in [0.25, 0.3) is 5.91 Å². The highest BCUT2D eigenvalue weighted by atomic mass is 35.5. The fourth-order valence-corrected chi connectivity index (χ4v) is 4.85. The second-order valence-electron chi connectivity index (χ2n) is 7.55. The number of fused-ring (bicyclic) bond motifs is 2. The number of hydrogen-bond donors (Lipinski definition) is 0. The number of rotatable bonds is 2. The normalized spacial score (nSPS) is 17.5. The molecule has 1 fully saturated rings. The first-order chi connectivity index (χ1) is 14.0. The third-order valence-corrected chi connectivity index (χ3v) is 6.27. The smallest absolute Gasteiger partial charge is 0.289 e. The van der Waals surface area contributed by atoms with Gasteiger partial charge >= 0.3 is 0 Å². The van der Waals surface area contributed by atoms with E-state index in [1.54, 1.807) is 30.3 Å². The summed E-state index contributed by atoms with van der Waals surface area (Å²) in [6.45, 7) is 1.91. The van der Waals surface area contributed by atoms with Crippen LogP contribution in [0.15, 0.2) is 59.0 Å². The number of carbonyl (C=O) groups excluding carboxylic acids is 1. The van der Waals surface area contributed by atoms with Crippen LogP contribution in [0.1, 0.15) is 34.5 Å². The molecule has 3 heterocycles. The first kappa shape index (κ1) is 18.7. The van der Waals surface area contributed by atoms with Crippen LogP contribution < -0.4 is 0 Å². The number of hydrogen-bond acceptors (Lipinski definition) is 3. The molecule has 0 aliphatic carbocycles. The topological polar surface area (TPSA) is 42.7 Å². The van der Waals surface area contributed by atoms with E-state index in [0.717, 1.165) is 18.4 Å². The molecule has 2 aliphatic rings. The van der Waals surface area contributed by atoms with Crippen molar-refractivity contribution in [3.63, 3.8) is 0 Å². The van der Waals surface area contributed by atoms with E-state index in [-0.39, 0.29) is 11.5 Å². The molecular weight excluding hydrogens is 409 g/mol. The third kappa shape index (κ3) is 3.35. The molecule has 1 amide bonds. The molecule has 6 heteroatoms. The van der Waals surface area contributed by atoms with E-state index in [4.69, 9.17) is 32.4 Å². The Hall–Kier alpha value is -2.27. The van der Waals surface area contributed by atoms with Gasteiger partial charge < -0.3 is 14.1 Å². The van der Waals surface area contributed by atoms with Gasteiger partial charge in [0.2, 0.25) is 0 Å². The fraction of sp³-hybridized carbons (Fsp3) is 0.261. The maximum Gasteiger partial charge on any atom is 0.289 e. The van der Waals surface area contributed by atoms with E-state index in [2.05, 4.69) is 18.2 Å². The van der Waals surface area contributed by atoms with Gasteiger partial charge in [0.1, 0.15) is 5.76 Å². The maximum absolute atomic E-state index is 13.0. The third-order valence-electron chi connectivity index (χ3n) is 5.83. The Morgan fingerprint density at radius 1 is 0.966 bits per heavy atom. The lowest BCUT2D eigenvalue weighted by molar-refractivity contribution is -0.0744. The molecule has 1 saturated heterocycles. The van der Waals surface area contributed by atoms with E-state index < -0.39 is 0 Å². The Bertz CT molecular complexity index is 1060. The number of ether oxygens (including phenoxy) is 1. The summed E-state index contributed by atoms with van der Waals surface area (Å²) < 4.78 is 12.0. The molecule has 1 spiro atoms. The van der Waals surface area contributed by atoms with Crippen molar-refractivity contribution >= 4 is 29.1 Å². The minimum absolute atomic E-state index is 0.106. The van der Waals surface area contributed by atoms with Crippen LogP contribution in [0.2, 0.25) is 10.0 Å². The number of benzene rings is 2. The summed E-state index contributed by atoms with van der Waals surface area (Å²) in [5.74, 6) is 0.782. The first-order valence-corrected chi connectivity index (χ1v) is 10.4. The molecule has 148 valence electrons. The van der Waals surface area contributed by atoms with E-state index >= 15 is 0 Å². The molecule has 4 nitrogen and oxygen atoms in total. The Morgan fingerprint density at radius 3 is 2.45 bits per heavy atom. The number of amides is 1. The molecule has 0 unspecified atom stereocenters. The molecule has 5 rings (SSSR count). The van der Waals surface area contributed by atoms with Crippen LogP contribution in [0.4, 0.5) is 0 Å². The van der Waals surface area contributed by atoms with Crippen LogP contribution in [0, 0.1) is 0 Å². The highest BCUT2D eigenvalue weighted by Gasteiger charge is 2.43. The predicted octanol–water partition coefficient (Wildman–Crippen LogP) is 5.92. The van der Waals surface area contributed by atoms with Gasteiger partial charge in [-0.05, 0) is 54.3 Å². The van der Waals surface area contributed by atoms with E-state index in [0.29, 0.717) is 41.3 Å². The Balaban J connectivity index is 1.31. The number of furan rings is 1. The zero-order chi connectivity index (χ0) is 20.0. The Kier molecular flexibility index (Phi) is 4.66. The van der Waals surface area contributed by atoms with Crippen molar-refractivity contribution in [2.45, 2.75) is 25.0 Å². The average Bonchev–Trinajstić information content (AvgIpc) is 3.34. The van der Waals surface area contributed by atoms with Gasteiger partial charge in [-0.25, -0.2) is 0 Å². The van der Waals surface area contributed by atoms with Crippen LogP contribution in [0.3, 0.4) is 0 Å². The highest BCUT2D eigenvalue weighted by molar-refractivity contribution is 6.35. The molecule has 0 atom stereocenters. The minimum atomic E-state index is -0.265. The summed E-state index contributed by atoms with van der Waals surface area (Å²) in [6, 6.07) is 17.0. The number of likely N-dealkylation sites (tertiary alicyclic amines) is 1. The van der Waals surface area contributed by atoms with Gasteiger partial charge in [0.15, 0.2) is 5.76 Å². The lowest BCUT2D eigenvalue weighted by atomic mass is 9.84. The van der Waals surface area contributed by atoms with Gasteiger partial charge in [-0.3, -0.25) is 4.79 Å². The molecule has 0 saturated carbocycles. The Morgan fingerprint density at radius 2 is 1.69 bits per heavy atom. The lowest BCUT2D eigenvalue weighted by Crippen LogP contribution is -2.45. The zero-order valence-corrected chi connectivity index (χ0v) is 17.2. The fourth-order valence-electron chi connectivity index (χ4n) is 4.33. The standard InChI is InChI=1S/C23H19Cl2NO3/c24-17-11-16(12-18(25)13-17)20-5-6-21(29-20)22(27)26-9-7-23(8-10-26)19-4-2-1-3-15(19)14-28-23/h1-6,11-13H,7-10,14H2. The Labute approximate surface area is 179 Å². The van der Waals surface area contributed by atoms with Crippen molar-refractivity contribution in [3.8, 4) is 11.3 Å². The second-order valence-corrected chi connectivity index (χ2v) is 8.43. The molecule has 2 aliphatic heterocycles. The molecule has 3 aromatic rings. The van der Waals surface area contributed by atoms with Crippen LogP contribution in [0.25, 0.3) is 11.3 Å². The van der Waals surface area contributed by atoms with Gasteiger partial charge in [-0.2, -0.15) is 0 Å². The largest absolute Gasteiger partial charge is 0.451 e. The van der Waals surface area contributed by atoms with E-state index in [1.165, 1.54) is 11.1 Å². The van der Waals surface area contributed by atoms with E-state index in [9.17, 15) is 4.79 Å². The van der Waals surface area contributed by atoms with Crippen molar-refractivity contribution in [3.05, 3.63) is 81.5 Å². The lowest BCUT2D eigenvalue weighted by Gasteiger charge is -2.39. The predicted molar refractivity (Wildman–Crippen MR) is 112 cm³/mol. The average molecular weight is 428 g/mol.